The maximum Gasteiger partial charge on any atom is 0.343 e. The van der Waals surface area contributed by atoms with Crippen molar-refractivity contribution < 1.29 is 47.6 Å². The number of para-hydroxylation sites is 1. The number of hydrazone groups is 1. The van der Waals surface area contributed by atoms with Crippen LogP contribution < -0.4 is 24.0 Å². The van der Waals surface area contributed by atoms with Crippen LogP contribution >= 0.6 is 11.3 Å². The molecule has 1 aromatic heterocycles. The lowest BCUT2D eigenvalue weighted by atomic mass is 10.0. The largest absolute Gasteiger partial charge is 0.494 e. The van der Waals surface area contributed by atoms with Crippen LogP contribution in [0.3, 0.4) is 0 Å². The number of esters is 4. The summed E-state index contributed by atoms with van der Waals surface area (Å²) in [5, 5.41) is 8.67. The number of ether oxygens (including phenoxy) is 6. The number of hydrogen-bond donors (Lipinski definition) is 0. The summed E-state index contributed by atoms with van der Waals surface area (Å²) >= 11 is 1.55. The first-order valence-electron chi connectivity index (χ1n) is 24.0. The van der Waals surface area contributed by atoms with Gasteiger partial charge in [0.1, 0.15) is 23.0 Å². The Morgan fingerprint density at radius 1 is 0.614 bits per heavy atom. The molecular weight excluding hydrogens is 907 g/mol. The Balaban J connectivity index is 1.19. The number of aromatic nitrogens is 1. The van der Waals surface area contributed by atoms with Crippen LogP contribution in [0.1, 0.15) is 110 Å². The van der Waals surface area contributed by atoms with E-state index in [1.807, 2.05) is 53.5 Å². The first-order chi connectivity index (χ1) is 34.3. The van der Waals surface area contributed by atoms with Gasteiger partial charge in [0.15, 0.2) is 0 Å². The van der Waals surface area contributed by atoms with Gasteiger partial charge in [-0.1, -0.05) is 87.1 Å². The van der Waals surface area contributed by atoms with Gasteiger partial charge in [0.05, 0.1) is 54.0 Å². The van der Waals surface area contributed by atoms with Crippen LogP contribution in [0, 0.1) is 0 Å². The fourth-order valence-corrected chi connectivity index (χ4v) is 8.22. The van der Waals surface area contributed by atoms with Gasteiger partial charge in [-0.15, -0.1) is 0 Å². The zero-order chi connectivity index (χ0) is 49.3. The molecule has 0 fully saturated rings. The molecule has 0 saturated carbocycles. The van der Waals surface area contributed by atoms with E-state index < -0.39 is 23.9 Å². The van der Waals surface area contributed by atoms with Gasteiger partial charge in [-0.05, 0) is 125 Å². The van der Waals surface area contributed by atoms with Gasteiger partial charge in [0.2, 0.25) is 5.13 Å². The molecule has 0 amide bonds. The van der Waals surface area contributed by atoms with Crippen molar-refractivity contribution in [1.29, 1.82) is 0 Å². The average molecular weight is 968 g/mol. The molecule has 0 N–H and O–H groups in total. The SMILES string of the molecule is C=CC(=O)OCCCCCCOc1ccc(C(=O)Oc2cc(/C=N/N(CCCCCC)c3nc4ccccc4s3)c(OC(=O)c3ccc(OCCCCCCOC(=O)C=C)cc3)c3ccccc23)cc1. The minimum absolute atomic E-state index is 0.247. The molecule has 0 unspecified atom stereocenters. The lowest BCUT2D eigenvalue weighted by Crippen LogP contribution is -2.18. The van der Waals surface area contributed by atoms with Crippen molar-refractivity contribution in [1.82, 2.24) is 4.98 Å². The number of thiazole rings is 1. The number of unbranched alkanes of at least 4 members (excludes halogenated alkanes) is 9. The predicted molar refractivity (Wildman–Crippen MR) is 276 cm³/mol. The van der Waals surface area contributed by atoms with E-state index in [1.165, 1.54) is 0 Å². The van der Waals surface area contributed by atoms with Gasteiger partial charge in [0.25, 0.3) is 0 Å². The molecule has 0 bridgehead atoms. The van der Waals surface area contributed by atoms with E-state index >= 15 is 0 Å². The van der Waals surface area contributed by atoms with Crippen LogP contribution in [-0.4, -0.2) is 68.0 Å². The number of fused-ring (bicyclic) bond motifs is 2. The molecule has 0 aliphatic carbocycles. The van der Waals surface area contributed by atoms with E-state index in [9.17, 15) is 19.2 Å². The molecule has 5 aromatic carbocycles. The fourth-order valence-electron chi connectivity index (χ4n) is 7.27. The average Bonchev–Trinajstić information content (AvgIpc) is 3.83. The highest BCUT2D eigenvalue weighted by atomic mass is 32.1. The number of nitrogens with zero attached hydrogens (tertiary/aromatic N) is 3. The van der Waals surface area contributed by atoms with Crippen molar-refractivity contribution in [3.05, 3.63) is 145 Å². The first-order valence-corrected chi connectivity index (χ1v) is 24.8. The van der Waals surface area contributed by atoms with Crippen LogP contribution in [0.2, 0.25) is 0 Å². The van der Waals surface area contributed by atoms with E-state index in [4.69, 9.17) is 38.5 Å². The quantitative estimate of drug-likeness (QED) is 0.0105. The molecule has 366 valence electrons. The summed E-state index contributed by atoms with van der Waals surface area (Å²) in [6, 6.07) is 30.5. The smallest absolute Gasteiger partial charge is 0.343 e. The number of carbonyl (C=O) groups is 4. The third kappa shape index (κ3) is 16.2. The van der Waals surface area contributed by atoms with Crippen molar-refractivity contribution >= 4 is 67.5 Å². The Hall–Kier alpha value is -7.32. The maximum atomic E-state index is 14.0. The topological polar surface area (TPSA) is 152 Å². The number of anilines is 1. The summed E-state index contributed by atoms with van der Waals surface area (Å²) in [5.74, 6) is -0.264. The molecule has 0 aliphatic rings. The summed E-state index contributed by atoms with van der Waals surface area (Å²) in [5.41, 5.74) is 1.92. The van der Waals surface area contributed by atoms with Crippen LogP contribution in [0.25, 0.3) is 21.0 Å². The molecular formula is C56H61N3O10S. The van der Waals surface area contributed by atoms with Gasteiger partial charge in [-0.25, -0.2) is 29.2 Å². The summed E-state index contributed by atoms with van der Waals surface area (Å²) < 4.78 is 35.3. The Morgan fingerprint density at radius 2 is 1.14 bits per heavy atom. The highest BCUT2D eigenvalue weighted by Crippen LogP contribution is 2.38. The summed E-state index contributed by atoms with van der Waals surface area (Å²) in [4.78, 5) is 55.1. The van der Waals surface area contributed by atoms with Gasteiger partial charge in [-0.2, -0.15) is 5.10 Å². The zero-order valence-electron chi connectivity index (χ0n) is 39.8. The zero-order valence-corrected chi connectivity index (χ0v) is 40.6. The summed E-state index contributed by atoms with van der Waals surface area (Å²) in [6.45, 7) is 11.3. The molecule has 70 heavy (non-hydrogen) atoms. The Bertz CT molecular complexity index is 2660. The fraction of sp³-hybridized carbons (Fsp3) is 0.321. The second-order valence-corrected chi connectivity index (χ2v) is 17.3. The minimum Gasteiger partial charge on any atom is -0.494 e. The highest BCUT2D eigenvalue weighted by Gasteiger charge is 2.21. The molecule has 1 heterocycles. The first kappa shape index (κ1) is 52.1. The predicted octanol–water partition coefficient (Wildman–Crippen LogP) is 12.6. The maximum absolute atomic E-state index is 14.0. The van der Waals surface area contributed by atoms with Crippen molar-refractivity contribution in [3.63, 3.8) is 0 Å². The molecule has 6 aromatic rings. The minimum atomic E-state index is -0.593. The lowest BCUT2D eigenvalue weighted by molar-refractivity contribution is -0.138. The second kappa shape index (κ2) is 28.2. The molecule has 0 saturated heterocycles. The monoisotopic (exact) mass is 967 g/mol. The van der Waals surface area contributed by atoms with Crippen molar-refractivity contribution in [2.45, 2.75) is 84.0 Å². The van der Waals surface area contributed by atoms with Crippen molar-refractivity contribution in [2.24, 2.45) is 5.10 Å². The summed E-state index contributed by atoms with van der Waals surface area (Å²) in [7, 11) is 0. The standard InChI is InChI=1S/C56H61N3O10S/c1-4-7-8-17-34-59(56-58-48-24-15-16-25-50(48)70-56)57-40-43-39-49(68-54(62)41-26-30-44(31-27-41)64-35-18-9-11-20-37-66-51(60)5-2)46-22-13-14-23-47(46)53(43)69-55(63)42-28-32-45(33-29-42)65-36-19-10-12-21-38-67-52(61)6-3/h5-6,13-16,22-33,39-40H,2-4,7-12,17-21,34-38H2,1H3/b57-40+. The van der Waals surface area contributed by atoms with Gasteiger partial charge in [0, 0.05) is 35.0 Å². The van der Waals surface area contributed by atoms with Gasteiger partial charge < -0.3 is 28.4 Å². The number of rotatable bonds is 30. The van der Waals surface area contributed by atoms with Crippen molar-refractivity contribution in [3.8, 4) is 23.0 Å². The summed E-state index contributed by atoms with van der Waals surface area (Å²) in [6.07, 6.45) is 14.8. The van der Waals surface area contributed by atoms with Crippen LogP contribution in [0.5, 0.6) is 23.0 Å². The van der Waals surface area contributed by atoms with E-state index in [1.54, 1.807) is 72.1 Å². The third-order valence-corrected chi connectivity index (χ3v) is 12.1. The molecule has 0 spiro atoms. The molecule has 0 aliphatic heterocycles. The van der Waals surface area contributed by atoms with Crippen LogP contribution in [-0.2, 0) is 19.1 Å². The van der Waals surface area contributed by atoms with Gasteiger partial charge in [-0.3, -0.25) is 0 Å². The molecule has 0 radical (unpaired) electrons. The van der Waals surface area contributed by atoms with E-state index in [0.717, 1.165) is 105 Å². The number of hydrogen-bond acceptors (Lipinski definition) is 14. The Labute approximate surface area is 413 Å². The van der Waals surface area contributed by atoms with E-state index in [2.05, 4.69) is 20.1 Å². The van der Waals surface area contributed by atoms with E-state index in [-0.39, 0.29) is 11.5 Å². The Morgan fingerprint density at radius 3 is 1.71 bits per heavy atom. The lowest BCUT2D eigenvalue weighted by Gasteiger charge is -2.18. The van der Waals surface area contributed by atoms with Crippen LogP contribution in [0.4, 0.5) is 5.13 Å². The normalized spacial score (nSPS) is 11.0. The number of benzene rings is 5. The molecule has 6 rings (SSSR count). The van der Waals surface area contributed by atoms with E-state index in [0.29, 0.717) is 71.9 Å². The van der Waals surface area contributed by atoms with Crippen LogP contribution in [0.15, 0.2) is 134 Å². The molecule has 13 nitrogen and oxygen atoms in total. The molecule has 0 atom stereocenters. The number of carbonyl (C=O) groups excluding carboxylic acids is 4. The Kier molecular flexibility index (Phi) is 21.0. The van der Waals surface area contributed by atoms with Crippen molar-refractivity contribution in [2.75, 3.05) is 38.0 Å². The second-order valence-electron chi connectivity index (χ2n) is 16.3. The van der Waals surface area contributed by atoms with Gasteiger partial charge >= 0.3 is 23.9 Å². The highest BCUT2D eigenvalue weighted by molar-refractivity contribution is 7.22. The molecule has 14 heteroatoms. The third-order valence-electron chi connectivity index (χ3n) is 11.1.